The second kappa shape index (κ2) is 8.52. The molecule has 0 saturated heterocycles. The minimum Gasteiger partial charge on any atom is -0.324 e. The number of amides is 2. The number of aryl methyl sites for hydroxylation is 2. The van der Waals surface area contributed by atoms with Gasteiger partial charge in [-0.15, -0.1) is 0 Å². The first-order valence-electron chi connectivity index (χ1n) is 9.28. The van der Waals surface area contributed by atoms with Gasteiger partial charge in [0.1, 0.15) is 6.04 Å². The van der Waals surface area contributed by atoms with E-state index in [-0.39, 0.29) is 17.5 Å². The highest BCUT2D eigenvalue weighted by molar-refractivity contribution is 6.03. The predicted molar refractivity (Wildman–Crippen MR) is 110 cm³/mol. The number of carbonyl (C=O) groups is 2. The van der Waals surface area contributed by atoms with Crippen LogP contribution in [0.5, 0.6) is 0 Å². The Kier molecular flexibility index (Phi) is 5.89. The summed E-state index contributed by atoms with van der Waals surface area (Å²) in [4.78, 5) is 25.2. The molecule has 6 heteroatoms. The number of carbonyl (C=O) groups excluding carboxylic acids is 2. The van der Waals surface area contributed by atoms with Crippen molar-refractivity contribution < 1.29 is 9.59 Å². The fraction of sp³-hybridized carbons (Fsp3) is 0.227. The van der Waals surface area contributed by atoms with Crippen molar-refractivity contribution in [1.82, 2.24) is 9.78 Å². The number of nitrogens with zero attached hydrogens (tertiary/aromatic N) is 2. The number of para-hydroxylation sites is 2. The van der Waals surface area contributed by atoms with Gasteiger partial charge in [0, 0.05) is 17.6 Å². The lowest BCUT2D eigenvalue weighted by atomic mass is 10.1. The summed E-state index contributed by atoms with van der Waals surface area (Å²) >= 11 is 0. The van der Waals surface area contributed by atoms with Gasteiger partial charge >= 0.3 is 0 Å². The van der Waals surface area contributed by atoms with Gasteiger partial charge in [-0.2, -0.15) is 5.10 Å². The van der Waals surface area contributed by atoms with E-state index in [1.807, 2.05) is 69.3 Å². The van der Waals surface area contributed by atoms with Crippen molar-refractivity contribution in [2.45, 2.75) is 33.2 Å². The Balaban J connectivity index is 1.73. The van der Waals surface area contributed by atoms with E-state index in [4.69, 9.17) is 0 Å². The molecule has 28 heavy (non-hydrogen) atoms. The van der Waals surface area contributed by atoms with Crippen LogP contribution in [0.2, 0.25) is 0 Å². The molecule has 1 heterocycles. The second-order valence-corrected chi connectivity index (χ2v) is 6.68. The number of aromatic nitrogens is 2. The lowest BCUT2D eigenvalue weighted by Gasteiger charge is -2.16. The minimum atomic E-state index is -0.500. The molecule has 0 spiro atoms. The number of benzene rings is 2. The predicted octanol–water partition coefficient (Wildman–Crippen LogP) is 4.34. The van der Waals surface area contributed by atoms with Crippen LogP contribution < -0.4 is 10.6 Å². The minimum absolute atomic E-state index is 0.161. The molecule has 0 bridgehead atoms. The maximum absolute atomic E-state index is 12.7. The van der Waals surface area contributed by atoms with Crippen LogP contribution in [-0.2, 0) is 4.79 Å². The van der Waals surface area contributed by atoms with Crippen molar-refractivity contribution in [1.29, 1.82) is 0 Å². The number of anilines is 2. The van der Waals surface area contributed by atoms with Crippen LogP contribution in [0.15, 0.2) is 60.8 Å². The first kappa shape index (κ1) is 19.4. The van der Waals surface area contributed by atoms with Gasteiger partial charge in [0.25, 0.3) is 5.91 Å². The molecular formula is C22H24N4O2. The van der Waals surface area contributed by atoms with Crippen LogP contribution in [0.4, 0.5) is 11.4 Å². The third-order valence-electron chi connectivity index (χ3n) is 4.65. The van der Waals surface area contributed by atoms with E-state index in [9.17, 15) is 9.59 Å². The van der Waals surface area contributed by atoms with Crippen LogP contribution in [0.3, 0.4) is 0 Å². The van der Waals surface area contributed by atoms with Crippen molar-refractivity contribution in [3.63, 3.8) is 0 Å². The van der Waals surface area contributed by atoms with Crippen molar-refractivity contribution in [3.8, 4) is 0 Å². The van der Waals surface area contributed by atoms with Crippen LogP contribution in [-0.4, -0.2) is 21.6 Å². The lowest BCUT2D eigenvalue weighted by Crippen LogP contribution is -2.26. The zero-order chi connectivity index (χ0) is 20.1. The Labute approximate surface area is 164 Å². The average molecular weight is 376 g/mol. The van der Waals surface area contributed by atoms with Gasteiger partial charge in [-0.1, -0.05) is 43.3 Å². The number of nitrogens with one attached hydrogen (secondary N) is 2. The molecule has 0 fully saturated rings. The molecule has 3 aromatic rings. The zero-order valence-corrected chi connectivity index (χ0v) is 16.3. The molecule has 0 aliphatic rings. The molecule has 0 saturated carbocycles. The van der Waals surface area contributed by atoms with Gasteiger partial charge in [-0.3, -0.25) is 14.3 Å². The second-order valence-electron chi connectivity index (χ2n) is 6.68. The van der Waals surface area contributed by atoms with Crippen molar-refractivity contribution in [2.24, 2.45) is 0 Å². The maximum Gasteiger partial charge on any atom is 0.276 e. The highest BCUT2D eigenvalue weighted by Gasteiger charge is 2.21. The van der Waals surface area contributed by atoms with E-state index >= 15 is 0 Å². The Morgan fingerprint density at radius 1 is 0.929 bits per heavy atom. The highest BCUT2D eigenvalue weighted by Crippen LogP contribution is 2.19. The number of hydrogen-bond donors (Lipinski definition) is 2. The van der Waals surface area contributed by atoms with Gasteiger partial charge in [0.05, 0.1) is 0 Å². The Morgan fingerprint density at radius 3 is 2.07 bits per heavy atom. The van der Waals surface area contributed by atoms with Crippen molar-refractivity contribution >= 4 is 23.2 Å². The molecule has 6 nitrogen and oxygen atoms in total. The first-order valence-corrected chi connectivity index (χ1v) is 9.28. The van der Waals surface area contributed by atoms with E-state index < -0.39 is 6.04 Å². The zero-order valence-electron chi connectivity index (χ0n) is 16.3. The monoisotopic (exact) mass is 376 g/mol. The molecule has 1 aromatic heterocycles. The molecule has 3 rings (SSSR count). The summed E-state index contributed by atoms with van der Waals surface area (Å²) in [5, 5.41) is 10.1. The Morgan fingerprint density at radius 2 is 1.50 bits per heavy atom. The van der Waals surface area contributed by atoms with Crippen LogP contribution in [0.1, 0.15) is 41.0 Å². The summed E-state index contributed by atoms with van der Waals surface area (Å²) in [5.41, 5.74) is 3.75. The third kappa shape index (κ3) is 4.28. The van der Waals surface area contributed by atoms with Gasteiger partial charge in [0.2, 0.25) is 5.91 Å². The summed E-state index contributed by atoms with van der Waals surface area (Å²) in [6.45, 7) is 5.78. The van der Waals surface area contributed by atoms with E-state index in [2.05, 4.69) is 15.7 Å². The largest absolute Gasteiger partial charge is 0.324 e. The van der Waals surface area contributed by atoms with Gasteiger partial charge in [0.15, 0.2) is 5.69 Å². The third-order valence-corrected chi connectivity index (χ3v) is 4.65. The summed E-state index contributed by atoms with van der Waals surface area (Å²) in [6.07, 6.45) is 2.22. The molecule has 0 aliphatic carbocycles. The van der Waals surface area contributed by atoms with Gasteiger partial charge in [-0.05, 0) is 49.6 Å². The summed E-state index contributed by atoms with van der Waals surface area (Å²) < 4.78 is 1.54. The maximum atomic E-state index is 12.7. The van der Waals surface area contributed by atoms with Crippen LogP contribution in [0, 0.1) is 13.8 Å². The van der Waals surface area contributed by atoms with E-state index in [0.717, 1.165) is 22.5 Å². The number of hydrogen-bond acceptors (Lipinski definition) is 3. The normalized spacial score (nSPS) is 11.7. The lowest BCUT2D eigenvalue weighted by molar-refractivity contribution is -0.119. The molecule has 2 N–H and O–H groups in total. The summed E-state index contributed by atoms with van der Waals surface area (Å²) in [5.74, 6) is -0.465. The average Bonchev–Trinajstić information content (AvgIpc) is 3.16. The molecule has 0 unspecified atom stereocenters. The van der Waals surface area contributed by atoms with E-state index in [1.165, 1.54) is 0 Å². The van der Waals surface area contributed by atoms with Crippen molar-refractivity contribution in [3.05, 3.63) is 77.6 Å². The number of rotatable bonds is 6. The first-order chi connectivity index (χ1) is 13.5. The SMILES string of the molecule is CC[C@@H](C(=O)Nc1ccccc1C)n1ccc(C(=O)Nc2ccccc2C)n1. The summed E-state index contributed by atoms with van der Waals surface area (Å²) in [6, 6.07) is 16.3. The molecule has 2 aromatic carbocycles. The molecule has 0 radical (unpaired) electrons. The fourth-order valence-corrected chi connectivity index (χ4v) is 2.95. The molecule has 2 amide bonds. The highest BCUT2D eigenvalue weighted by atomic mass is 16.2. The Bertz CT molecular complexity index is 993. The van der Waals surface area contributed by atoms with E-state index in [1.54, 1.807) is 16.9 Å². The summed E-state index contributed by atoms with van der Waals surface area (Å²) in [7, 11) is 0. The molecular weight excluding hydrogens is 352 g/mol. The molecule has 0 aliphatic heterocycles. The van der Waals surface area contributed by atoms with Crippen molar-refractivity contribution in [2.75, 3.05) is 10.6 Å². The topological polar surface area (TPSA) is 76.0 Å². The van der Waals surface area contributed by atoms with Gasteiger partial charge in [-0.25, -0.2) is 0 Å². The molecule has 144 valence electrons. The standard InChI is InChI=1S/C22H24N4O2/c1-4-20(22(28)24-18-12-8-6-10-16(18)3)26-14-13-19(25-26)21(27)23-17-11-7-5-9-15(17)2/h5-14,20H,4H2,1-3H3,(H,23,27)(H,24,28)/t20-/m0/s1. The van der Waals surface area contributed by atoms with E-state index in [0.29, 0.717) is 6.42 Å². The van der Waals surface area contributed by atoms with Gasteiger partial charge < -0.3 is 10.6 Å². The van der Waals surface area contributed by atoms with Crippen LogP contribution >= 0.6 is 0 Å². The Hall–Kier alpha value is -3.41. The quantitative estimate of drug-likeness (QED) is 0.672. The fourth-order valence-electron chi connectivity index (χ4n) is 2.95. The smallest absolute Gasteiger partial charge is 0.276 e. The van der Waals surface area contributed by atoms with Crippen LogP contribution in [0.25, 0.3) is 0 Å². The molecule has 1 atom stereocenters.